The average Bonchev–Trinajstić information content (AvgIpc) is 2.30. The Morgan fingerprint density at radius 1 is 1.35 bits per heavy atom. The van der Waals surface area contributed by atoms with Gasteiger partial charge in [-0.2, -0.15) is 0 Å². The first-order valence-corrected chi connectivity index (χ1v) is 6.97. The van der Waals surface area contributed by atoms with Crippen molar-refractivity contribution in [3.63, 3.8) is 0 Å². The molecular weight excluding hydrogens is 245 g/mol. The van der Waals surface area contributed by atoms with Crippen molar-refractivity contribution in [2.45, 2.75) is 18.2 Å². The highest BCUT2D eigenvalue weighted by molar-refractivity contribution is 7.92. The monoisotopic (exact) mass is 261 g/mol. The first-order chi connectivity index (χ1) is 7.92. The van der Waals surface area contributed by atoms with Gasteiger partial charge in [-0.3, -0.25) is 0 Å². The van der Waals surface area contributed by atoms with Crippen LogP contribution in [0.3, 0.4) is 0 Å². The van der Waals surface area contributed by atoms with E-state index in [0.29, 0.717) is 5.56 Å². The largest absolute Gasteiger partial charge is 0.395 e. The molecule has 0 amide bonds. The highest BCUT2D eigenvalue weighted by Crippen LogP contribution is 2.20. The molecule has 6 heteroatoms. The molecule has 17 heavy (non-hydrogen) atoms. The molecule has 96 valence electrons. The second-order valence-electron chi connectivity index (χ2n) is 3.75. The minimum atomic E-state index is -3.44. The van der Waals surface area contributed by atoms with Crippen LogP contribution in [0.5, 0.6) is 0 Å². The van der Waals surface area contributed by atoms with Crippen LogP contribution in [0.4, 0.5) is 4.39 Å². The highest BCUT2D eigenvalue weighted by Gasteiger charge is 2.30. The Kier molecular flexibility index (Phi) is 4.62. The van der Waals surface area contributed by atoms with E-state index in [9.17, 15) is 12.8 Å². The molecule has 0 saturated carbocycles. The lowest BCUT2D eigenvalue weighted by atomic mass is 10.0. The number of hydrogen-bond acceptors (Lipinski definition) is 4. The SMILES string of the molecule is CCS(=O)(=O)[C@@H](CO)[C@@H](N)c1ccc(F)cc1. The molecule has 0 aliphatic heterocycles. The number of hydrogen-bond donors (Lipinski definition) is 2. The van der Waals surface area contributed by atoms with Crippen molar-refractivity contribution in [3.8, 4) is 0 Å². The molecule has 0 unspecified atom stereocenters. The molecule has 1 aromatic rings. The van der Waals surface area contributed by atoms with Crippen LogP contribution in [-0.2, 0) is 9.84 Å². The summed E-state index contributed by atoms with van der Waals surface area (Å²) >= 11 is 0. The number of aliphatic hydroxyl groups excluding tert-OH is 1. The second-order valence-corrected chi connectivity index (χ2v) is 6.26. The number of sulfone groups is 1. The fourth-order valence-electron chi connectivity index (χ4n) is 1.56. The molecule has 1 aromatic carbocycles. The number of rotatable bonds is 5. The van der Waals surface area contributed by atoms with Crippen molar-refractivity contribution < 1.29 is 17.9 Å². The van der Waals surface area contributed by atoms with E-state index in [1.807, 2.05) is 0 Å². The van der Waals surface area contributed by atoms with Crippen LogP contribution >= 0.6 is 0 Å². The molecule has 1 rings (SSSR count). The van der Waals surface area contributed by atoms with Crippen LogP contribution in [0.15, 0.2) is 24.3 Å². The summed E-state index contributed by atoms with van der Waals surface area (Å²) in [5.41, 5.74) is 6.29. The zero-order chi connectivity index (χ0) is 13.1. The summed E-state index contributed by atoms with van der Waals surface area (Å²) in [6.45, 7) is 0.949. The molecule has 4 nitrogen and oxygen atoms in total. The minimum Gasteiger partial charge on any atom is -0.395 e. The van der Waals surface area contributed by atoms with Gasteiger partial charge < -0.3 is 10.8 Å². The zero-order valence-corrected chi connectivity index (χ0v) is 10.3. The average molecular weight is 261 g/mol. The van der Waals surface area contributed by atoms with Gasteiger partial charge in [-0.15, -0.1) is 0 Å². The van der Waals surface area contributed by atoms with Crippen molar-refractivity contribution in [3.05, 3.63) is 35.6 Å². The molecule has 0 aliphatic rings. The standard InChI is InChI=1S/C11H16FNO3S/c1-2-17(15,16)10(7-14)11(13)8-3-5-9(12)6-4-8/h3-6,10-11,14H,2,7,13H2,1H3/t10-,11-/m0/s1. The van der Waals surface area contributed by atoms with E-state index in [4.69, 9.17) is 10.8 Å². The quantitative estimate of drug-likeness (QED) is 0.814. The van der Waals surface area contributed by atoms with Crippen LogP contribution < -0.4 is 5.73 Å². The third-order valence-electron chi connectivity index (χ3n) is 2.70. The van der Waals surface area contributed by atoms with E-state index < -0.39 is 33.6 Å². The summed E-state index contributed by atoms with van der Waals surface area (Å²) in [6, 6.07) is 4.41. The van der Waals surface area contributed by atoms with Crippen molar-refractivity contribution >= 4 is 9.84 Å². The number of benzene rings is 1. The van der Waals surface area contributed by atoms with E-state index in [1.165, 1.54) is 31.2 Å². The van der Waals surface area contributed by atoms with Crippen molar-refractivity contribution in [2.24, 2.45) is 5.73 Å². The summed E-state index contributed by atoms with van der Waals surface area (Å²) in [5.74, 6) is -0.507. The Morgan fingerprint density at radius 2 is 1.88 bits per heavy atom. The van der Waals surface area contributed by atoms with Crippen LogP contribution in [0.25, 0.3) is 0 Å². The van der Waals surface area contributed by atoms with Gasteiger partial charge in [0.1, 0.15) is 11.1 Å². The second kappa shape index (κ2) is 5.57. The van der Waals surface area contributed by atoms with E-state index >= 15 is 0 Å². The van der Waals surface area contributed by atoms with Crippen LogP contribution in [-0.4, -0.2) is 31.1 Å². The van der Waals surface area contributed by atoms with Crippen molar-refractivity contribution in [2.75, 3.05) is 12.4 Å². The van der Waals surface area contributed by atoms with Gasteiger partial charge in [-0.05, 0) is 17.7 Å². The van der Waals surface area contributed by atoms with Gasteiger partial charge in [-0.1, -0.05) is 19.1 Å². The molecule has 3 N–H and O–H groups in total. The Labute approximate surface area is 100 Å². The normalized spacial score (nSPS) is 15.5. The fourth-order valence-corrected chi connectivity index (χ4v) is 2.82. The zero-order valence-electron chi connectivity index (χ0n) is 9.51. The topological polar surface area (TPSA) is 80.4 Å². The predicted molar refractivity (Wildman–Crippen MR) is 63.7 cm³/mol. The summed E-state index contributed by atoms with van der Waals surface area (Å²) in [6.07, 6.45) is 0. The van der Waals surface area contributed by atoms with Gasteiger partial charge in [0.15, 0.2) is 9.84 Å². The Bertz CT molecular complexity index is 458. The Hall–Kier alpha value is -0.980. The lowest BCUT2D eigenvalue weighted by molar-refractivity contribution is 0.277. The molecule has 0 aliphatic carbocycles. The maximum atomic E-state index is 12.7. The van der Waals surface area contributed by atoms with Crippen LogP contribution in [0, 0.1) is 5.82 Å². The van der Waals surface area contributed by atoms with Gasteiger partial charge in [0.2, 0.25) is 0 Å². The molecule has 0 saturated heterocycles. The molecule has 0 bridgehead atoms. The van der Waals surface area contributed by atoms with Gasteiger partial charge >= 0.3 is 0 Å². The summed E-state index contributed by atoms with van der Waals surface area (Å²) in [4.78, 5) is 0. The first kappa shape index (κ1) is 14.1. The maximum absolute atomic E-state index is 12.7. The summed E-state index contributed by atoms with van der Waals surface area (Å²) in [5, 5.41) is 8.09. The first-order valence-electron chi connectivity index (χ1n) is 5.25. The van der Waals surface area contributed by atoms with Gasteiger partial charge in [-0.25, -0.2) is 12.8 Å². The molecule has 2 atom stereocenters. The number of aliphatic hydroxyl groups is 1. The molecule has 0 fully saturated rings. The Morgan fingerprint density at radius 3 is 2.29 bits per heavy atom. The summed E-state index contributed by atoms with van der Waals surface area (Å²) in [7, 11) is -3.44. The predicted octanol–water partition coefficient (Wildman–Crippen LogP) is 0.621. The highest BCUT2D eigenvalue weighted by atomic mass is 32.2. The third kappa shape index (κ3) is 3.24. The molecule has 0 spiro atoms. The van der Waals surface area contributed by atoms with E-state index in [-0.39, 0.29) is 5.75 Å². The molecule has 0 heterocycles. The van der Waals surface area contributed by atoms with Gasteiger partial charge in [0.05, 0.1) is 6.61 Å². The lowest BCUT2D eigenvalue weighted by Gasteiger charge is -2.21. The van der Waals surface area contributed by atoms with Crippen molar-refractivity contribution in [1.29, 1.82) is 0 Å². The van der Waals surface area contributed by atoms with Crippen LogP contribution in [0.1, 0.15) is 18.5 Å². The van der Waals surface area contributed by atoms with Crippen molar-refractivity contribution in [1.82, 2.24) is 0 Å². The third-order valence-corrected chi connectivity index (χ3v) is 4.87. The fraction of sp³-hybridized carbons (Fsp3) is 0.455. The van der Waals surface area contributed by atoms with E-state index in [2.05, 4.69) is 0 Å². The molecule has 0 aromatic heterocycles. The summed E-state index contributed by atoms with van der Waals surface area (Å²) < 4.78 is 36.1. The smallest absolute Gasteiger partial charge is 0.157 e. The molecule has 0 radical (unpaired) electrons. The lowest BCUT2D eigenvalue weighted by Crippen LogP contribution is -2.37. The van der Waals surface area contributed by atoms with E-state index in [0.717, 1.165) is 0 Å². The number of halogens is 1. The van der Waals surface area contributed by atoms with Gasteiger partial charge in [0, 0.05) is 11.8 Å². The van der Waals surface area contributed by atoms with Crippen LogP contribution in [0.2, 0.25) is 0 Å². The van der Waals surface area contributed by atoms with Gasteiger partial charge in [0.25, 0.3) is 0 Å². The maximum Gasteiger partial charge on any atom is 0.157 e. The van der Waals surface area contributed by atoms with E-state index in [1.54, 1.807) is 0 Å². The Balaban J connectivity index is 3.02. The number of nitrogens with two attached hydrogens (primary N) is 1. The molecular formula is C11H16FNO3S. The minimum absolute atomic E-state index is 0.0902.